The maximum absolute atomic E-state index is 9.01. The molecule has 1 nitrogen and oxygen atoms in total. The zero-order valence-electron chi connectivity index (χ0n) is 10.6. The number of hydrogen-bond acceptors (Lipinski definition) is 1. The van der Waals surface area contributed by atoms with Crippen molar-refractivity contribution in [1.29, 1.82) is 5.26 Å². The van der Waals surface area contributed by atoms with Crippen LogP contribution in [0.1, 0.15) is 27.8 Å². The molecule has 2 rings (SSSR count). The summed E-state index contributed by atoms with van der Waals surface area (Å²) >= 11 is 9.73. The van der Waals surface area contributed by atoms with Crippen LogP contribution in [-0.2, 0) is 11.8 Å². The van der Waals surface area contributed by atoms with Crippen molar-refractivity contribution in [2.24, 2.45) is 0 Å². The van der Waals surface area contributed by atoms with E-state index < -0.39 is 0 Å². The van der Waals surface area contributed by atoms with Crippen molar-refractivity contribution in [2.75, 3.05) is 0 Å². The number of alkyl halides is 1. The Morgan fingerprint density at radius 2 is 1.89 bits per heavy atom. The molecule has 96 valence electrons. The third-order valence-electron chi connectivity index (χ3n) is 3.24. The van der Waals surface area contributed by atoms with E-state index in [1.165, 1.54) is 11.1 Å². The minimum Gasteiger partial charge on any atom is -0.192 e. The topological polar surface area (TPSA) is 23.8 Å². The molecule has 2 aromatic carbocycles. The zero-order valence-corrected chi connectivity index (χ0v) is 12.9. The molecule has 0 aliphatic carbocycles. The van der Waals surface area contributed by atoms with E-state index >= 15 is 0 Å². The Morgan fingerprint density at radius 3 is 2.53 bits per heavy atom. The quantitative estimate of drug-likeness (QED) is 0.724. The SMILES string of the molecule is Cc1ccccc1Cc1ccc(C#N)c(Cl)c1CBr. The molecule has 0 atom stereocenters. The van der Waals surface area contributed by atoms with Crippen LogP contribution in [0.25, 0.3) is 0 Å². The normalized spacial score (nSPS) is 10.2. The smallest absolute Gasteiger partial charge is 0.101 e. The largest absolute Gasteiger partial charge is 0.192 e. The molecular formula is C16H13BrClN. The van der Waals surface area contributed by atoms with Crippen LogP contribution in [0.2, 0.25) is 5.02 Å². The van der Waals surface area contributed by atoms with Gasteiger partial charge in [0.2, 0.25) is 0 Å². The van der Waals surface area contributed by atoms with Crippen LogP contribution in [0.4, 0.5) is 0 Å². The van der Waals surface area contributed by atoms with E-state index in [4.69, 9.17) is 16.9 Å². The summed E-state index contributed by atoms with van der Waals surface area (Å²) in [6.45, 7) is 2.11. The van der Waals surface area contributed by atoms with Crippen molar-refractivity contribution in [2.45, 2.75) is 18.7 Å². The Kier molecular flexibility index (Phi) is 4.63. The van der Waals surface area contributed by atoms with Gasteiger partial charge >= 0.3 is 0 Å². The van der Waals surface area contributed by atoms with E-state index in [9.17, 15) is 0 Å². The lowest BCUT2D eigenvalue weighted by Crippen LogP contribution is -1.98. The first-order valence-electron chi connectivity index (χ1n) is 5.98. The van der Waals surface area contributed by atoms with Gasteiger partial charge < -0.3 is 0 Å². The van der Waals surface area contributed by atoms with E-state index in [1.807, 2.05) is 18.2 Å². The molecule has 2 aromatic rings. The van der Waals surface area contributed by atoms with Crippen LogP contribution >= 0.6 is 27.5 Å². The number of nitrogens with zero attached hydrogens (tertiary/aromatic N) is 1. The maximum atomic E-state index is 9.01. The third-order valence-corrected chi connectivity index (χ3v) is 4.23. The van der Waals surface area contributed by atoms with Crippen molar-refractivity contribution in [3.05, 3.63) is 69.2 Å². The average Bonchev–Trinajstić information content (AvgIpc) is 2.42. The highest BCUT2D eigenvalue weighted by Crippen LogP contribution is 2.28. The summed E-state index contributed by atoms with van der Waals surface area (Å²) in [6.07, 6.45) is 0.832. The lowest BCUT2D eigenvalue weighted by atomic mass is 9.96. The van der Waals surface area contributed by atoms with Gasteiger partial charge in [0.05, 0.1) is 10.6 Å². The van der Waals surface area contributed by atoms with Gasteiger partial charge in [0.1, 0.15) is 6.07 Å². The van der Waals surface area contributed by atoms with Gasteiger partial charge in [-0.25, -0.2) is 0 Å². The lowest BCUT2D eigenvalue weighted by Gasteiger charge is -2.12. The van der Waals surface area contributed by atoms with Gasteiger partial charge in [-0.1, -0.05) is 57.9 Å². The molecule has 0 aliphatic heterocycles. The molecule has 3 heteroatoms. The molecule has 0 bridgehead atoms. The lowest BCUT2D eigenvalue weighted by molar-refractivity contribution is 1.12. The number of benzene rings is 2. The van der Waals surface area contributed by atoms with Gasteiger partial charge in [-0.05, 0) is 41.7 Å². The van der Waals surface area contributed by atoms with Crippen molar-refractivity contribution < 1.29 is 0 Å². The van der Waals surface area contributed by atoms with E-state index in [0.717, 1.165) is 17.5 Å². The van der Waals surface area contributed by atoms with Crippen LogP contribution in [0.5, 0.6) is 0 Å². The minimum atomic E-state index is 0.532. The summed E-state index contributed by atoms with van der Waals surface area (Å²) in [6, 6.07) is 14.2. The molecule has 0 saturated heterocycles. The number of rotatable bonds is 3. The van der Waals surface area contributed by atoms with Crippen LogP contribution in [0.15, 0.2) is 36.4 Å². The molecule has 0 unspecified atom stereocenters. The number of aryl methyl sites for hydroxylation is 1. The van der Waals surface area contributed by atoms with E-state index in [-0.39, 0.29) is 0 Å². The maximum Gasteiger partial charge on any atom is 0.101 e. The Bertz CT molecular complexity index is 644. The number of nitriles is 1. The molecule has 0 saturated carbocycles. The van der Waals surface area contributed by atoms with Gasteiger partial charge in [0, 0.05) is 5.33 Å². The standard InChI is InChI=1S/C16H13BrClN/c1-11-4-2-3-5-12(11)8-13-6-7-14(10-19)16(18)15(13)9-17/h2-7H,8-9H2,1H3. The van der Waals surface area contributed by atoms with Crippen molar-refractivity contribution in [3.63, 3.8) is 0 Å². The van der Waals surface area contributed by atoms with Crippen molar-refractivity contribution >= 4 is 27.5 Å². The predicted octanol–water partition coefficient (Wildman–Crippen LogP) is 5.01. The molecule has 0 spiro atoms. The summed E-state index contributed by atoms with van der Waals surface area (Å²) in [5.74, 6) is 0. The Hall–Kier alpha value is -1.30. The molecule has 0 fully saturated rings. The highest BCUT2D eigenvalue weighted by atomic mass is 79.9. The first-order valence-corrected chi connectivity index (χ1v) is 7.48. The predicted molar refractivity (Wildman–Crippen MR) is 82.8 cm³/mol. The van der Waals surface area contributed by atoms with E-state index in [1.54, 1.807) is 6.07 Å². The van der Waals surface area contributed by atoms with Gasteiger partial charge in [-0.2, -0.15) is 5.26 Å². The van der Waals surface area contributed by atoms with Crippen molar-refractivity contribution in [1.82, 2.24) is 0 Å². The van der Waals surface area contributed by atoms with Crippen molar-refractivity contribution in [3.8, 4) is 6.07 Å². The highest BCUT2D eigenvalue weighted by molar-refractivity contribution is 9.08. The fourth-order valence-electron chi connectivity index (χ4n) is 2.07. The Labute approximate surface area is 127 Å². The minimum absolute atomic E-state index is 0.532. The van der Waals surface area contributed by atoms with E-state index in [0.29, 0.717) is 15.9 Å². The summed E-state index contributed by atoms with van der Waals surface area (Å²) in [7, 11) is 0. The molecule has 0 aromatic heterocycles. The summed E-state index contributed by atoms with van der Waals surface area (Å²) in [4.78, 5) is 0. The summed E-state index contributed by atoms with van der Waals surface area (Å²) in [5, 5.41) is 10.2. The molecule has 19 heavy (non-hydrogen) atoms. The second kappa shape index (κ2) is 6.23. The fraction of sp³-hybridized carbons (Fsp3) is 0.188. The fourth-order valence-corrected chi connectivity index (χ4v) is 3.17. The van der Waals surface area contributed by atoms with Crippen LogP contribution in [0, 0.1) is 18.3 Å². The zero-order chi connectivity index (χ0) is 13.8. The molecule has 0 amide bonds. The Morgan fingerprint density at radius 1 is 1.16 bits per heavy atom. The Balaban J connectivity index is 2.44. The monoisotopic (exact) mass is 333 g/mol. The summed E-state index contributed by atoms with van der Waals surface area (Å²) < 4.78 is 0. The third kappa shape index (κ3) is 3.00. The van der Waals surface area contributed by atoms with Crippen LogP contribution in [-0.4, -0.2) is 0 Å². The average molecular weight is 335 g/mol. The van der Waals surface area contributed by atoms with Gasteiger partial charge in [0.25, 0.3) is 0 Å². The first-order chi connectivity index (χ1) is 9.17. The molecule has 0 heterocycles. The van der Waals surface area contributed by atoms with E-state index in [2.05, 4.69) is 41.1 Å². The molecular weight excluding hydrogens is 322 g/mol. The highest BCUT2D eigenvalue weighted by Gasteiger charge is 2.11. The molecule has 0 N–H and O–H groups in total. The summed E-state index contributed by atoms with van der Waals surface area (Å²) in [5.41, 5.74) is 5.25. The number of hydrogen-bond donors (Lipinski definition) is 0. The van der Waals surface area contributed by atoms with Gasteiger partial charge in [0.15, 0.2) is 0 Å². The van der Waals surface area contributed by atoms with Crippen LogP contribution < -0.4 is 0 Å². The number of halogens is 2. The van der Waals surface area contributed by atoms with Gasteiger partial charge in [-0.3, -0.25) is 0 Å². The first kappa shape index (κ1) is 14.1. The van der Waals surface area contributed by atoms with Gasteiger partial charge in [-0.15, -0.1) is 0 Å². The molecule has 0 radical (unpaired) electrons. The van der Waals surface area contributed by atoms with Crippen LogP contribution in [0.3, 0.4) is 0 Å². The molecule has 0 aliphatic rings. The second-order valence-electron chi connectivity index (χ2n) is 4.41. The second-order valence-corrected chi connectivity index (χ2v) is 5.35.